The van der Waals surface area contributed by atoms with Crippen molar-refractivity contribution < 1.29 is 28.5 Å². The summed E-state index contributed by atoms with van der Waals surface area (Å²) in [6.07, 6.45) is 1.84. The van der Waals surface area contributed by atoms with Gasteiger partial charge in [-0.1, -0.05) is 60.7 Å². The highest BCUT2D eigenvalue weighted by molar-refractivity contribution is 6.21. The smallest absolute Gasteiger partial charge is 0.504 e. The lowest BCUT2D eigenvalue weighted by atomic mass is 10.1. The molecule has 164 valence electrons. The van der Waals surface area contributed by atoms with Crippen LogP contribution in [-0.2, 0) is 32.2 Å². The average Bonchev–Trinajstić information content (AvgIpc) is 2.85. The molecular weight excluding hydrogens is 410 g/mol. The molecule has 0 aliphatic rings. The highest BCUT2D eigenvalue weighted by atomic mass is 16.7. The molecule has 0 unspecified atom stereocenters. The largest absolute Gasteiger partial charge is 0.509 e. The number of ketones is 1. The third kappa shape index (κ3) is 6.70. The van der Waals surface area contributed by atoms with Gasteiger partial charge in [-0.2, -0.15) is 0 Å². The van der Waals surface area contributed by atoms with Crippen molar-refractivity contribution in [1.29, 1.82) is 0 Å². The maximum Gasteiger partial charge on any atom is 0.509 e. The summed E-state index contributed by atoms with van der Waals surface area (Å²) in [7, 11) is 1.41. The van der Waals surface area contributed by atoms with E-state index in [-0.39, 0.29) is 17.9 Å². The maximum atomic E-state index is 12.8. The molecule has 1 heterocycles. The van der Waals surface area contributed by atoms with E-state index in [0.29, 0.717) is 12.4 Å². The fourth-order valence-electron chi connectivity index (χ4n) is 2.78. The zero-order chi connectivity index (χ0) is 22.6. The molecule has 32 heavy (non-hydrogen) atoms. The maximum absolute atomic E-state index is 12.8. The molecule has 3 aromatic rings. The van der Waals surface area contributed by atoms with E-state index in [2.05, 4.69) is 4.98 Å². The Morgan fingerprint density at radius 2 is 1.50 bits per heavy atom. The van der Waals surface area contributed by atoms with Gasteiger partial charge in [-0.25, -0.2) is 4.79 Å². The van der Waals surface area contributed by atoms with Crippen LogP contribution in [0.25, 0.3) is 5.57 Å². The molecule has 0 saturated heterocycles. The van der Waals surface area contributed by atoms with Crippen LogP contribution in [0, 0.1) is 0 Å². The Morgan fingerprint density at radius 1 is 0.844 bits per heavy atom. The van der Waals surface area contributed by atoms with Crippen molar-refractivity contribution in [1.82, 2.24) is 4.98 Å². The van der Waals surface area contributed by atoms with Gasteiger partial charge in [-0.15, -0.1) is 0 Å². The van der Waals surface area contributed by atoms with Crippen LogP contribution < -0.4 is 4.74 Å². The Kier molecular flexibility index (Phi) is 8.39. The number of pyridine rings is 1. The minimum Gasteiger partial charge on any atom is -0.504 e. The number of aromatic nitrogens is 1. The zero-order valence-corrected chi connectivity index (χ0v) is 17.6. The van der Waals surface area contributed by atoms with Gasteiger partial charge < -0.3 is 18.9 Å². The lowest BCUT2D eigenvalue weighted by Crippen LogP contribution is -2.17. The molecule has 0 atom stereocenters. The van der Waals surface area contributed by atoms with E-state index in [9.17, 15) is 9.59 Å². The number of benzene rings is 2. The number of nitrogens with zero attached hydrogens (tertiary/aromatic N) is 1. The Bertz CT molecular complexity index is 1050. The standard InChI is InChI=1S/C25H23NO6/c1-29-17-21(22(27)18-32-25(28)31-16-20-11-6-3-7-12-20)24-23(13-8-14-26-24)30-15-19-9-4-2-5-10-19/h2-14,17H,15-16,18H2,1H3/b21-17+. The minimum atomic E-state index is -0.944. The first-order valence-corrected chi connectivity index (χ1v) is 9.89. The number of methoxy groups -OCH3 is 1. The van der Waals surface area contributed by atoms with Crippen LogP contribution in [0.2, 0.25) is 0 Å². The van der Waals surface area contributed by atoms with Crippen LogP contribution in [0.5, 0.6) is 5.75 Å². The Morgan fingerprint density at radius 3 is 2.16 bits per heavy atom. The second-order valence-corrected chi connectivity index (χ2v) is 6.63. The normalized spacial score (nSPS) is 10.8. The number of hydrogen-bond acceptors (Lipinski definition) is 7. The number of carbonyl (C=O) groups excluding carboxylic acids is 2. The van der Waals surface area contributed by atoms with E-state index in [4.69, 9.17) is 18.9 Å². The Labute approximate surface area is 186 Å². The molecule has 3 rings (SSSR count). The minimum absolute atomic E-state index is 0.0480. The van der Waals surface area contributed by atoms with Crippen molar-refractivity contribution in [2.75, 3.05) is 13.7 Å². The van der Waals surface area contributed by atoms with E-state index in [1.807, 2.05) is 60.7 Å². The van der Waals surface area contributed by atoms with Crippen LogP contribution in [0.1, 0.15) is 16.8 Å². The summed E-state index contributed by atoms with van der Waals surface area (Å²) in [6, 6.07) is 22.2. The second kappa shape index (κ2) is 11.9. The average molecular weight is 433 g/mol. The number of Topliss-reactive ketones (excluding diaryl/α,β-unsaturated/α-hetero) is 1. The van der Waals surface area contributed by atoms with Crippen LogP contribution >= 0.6 is 0 Å². The Hall–Kier alpha value is -4.13. The molecule has 0 amide bonds. The van der Waals surface area contributed by atoms with Gasteiger partial charge in [0.25, 0.3) is 0 Å². The molecule has 0 N–H and O–H groups in total. The van der Waals surface area contributed by atoms with E-state index in [1.165, 1.54) is 19.6 Å². The lowest BCUT2D eigenvalue weighted by molar-refractivity contribution is -0.117. The SMILES string of the molecule is CO/C=C(\C(=O)COC(=O)OCc1ccccc1)c1ncccc1OCc1ccccc1. The molecular formula is C25H23NO6. The van der Waals surface area contributed by atoms with Crippen molar-refractivity contribution in [3.8, 4) is 5.75 Å². The molecule has 0 aliphatic carbocycles. The molecule has 1 aromatic heterocycles. The quantitative estimate of drug-likeness (QED) is 0.263. The van der Waals surface area contributed by atoms with Crippen molar-refractivity contribution in [2.45, 2.75) is 13.2 Å². The van der Waals surface area contributed by atoms with Gasteiger partial charge in [0.2, 0.25) is 5.78 Å². The van der Waals surface area contributed by atoms with Crippen molar-refractivity contribution in [3.05, 3.63) is 102 Å². The summed E-state index contributed by atoms with van der Waals surface area (Å²) in [5.41, 5.74) is 2.18. The molecule has 0 aliphatic heterocycles. The third-order valence-electron chi connectivity index (χ3n) is 4.32. The third-order valence-corrected chi connectivity index (χ3v) is 4.32. The highest BCUT2D eigenvalue weighted by Gasteiger charge is 2.21. The highest BCUT2D eigenvalue weighted by Crippen LogP contribution is 2.25. The summed E-state index contributed by atoms with van der Waals surface area (Å²) in [5.74, 6) is -0.105. The summed E-state index contributed by atoms with van der Waals surface area (Å²) in [4.78, 5) is 28.9. The van der Waals surface area contributed by atoms with Crippen molar-refractivity contribution >= 4 is 17.5 Å². The van der Waals surface area contributed by atoms with Gasteiger partial charge in [0, 0.05) is 6.20 Å². The van der Waals surface area contributed by atoms with E-state index < -0.39 is 18.5 Å². The molecule has 0 spiro atoms. The predicted molar refractivity (Wildman–Crippen MR) is 118 cm³/mol. The predicted octanol–water partition coefficient (Wildman–Crippen LogP) is 4.57. The number of rotatable bonds is 10. The van der Waals surface area contributed by atoms with Gasteiger partial charge in [-0.05, 0) is 23.3 Å². The lowest BCUT2D eigenvalue weighted by Gasteiger charge is -2.13. The number of hydrogen-bond donors (Lipinski definition) is 0. The molecule has 0 bridgehead atoms. The van der Waals surface area contributed by atoms with Crippen LogP contribution in [0.3, 0.4) is 0 Å². The Balaban J connectivity index is 1.62. The van der Waals surface area contributed by atoms with Gasteiger partial charge >= 0.3 is 6.16 Å². The summed E-state index contributed by atoms with van der Waals surface area (Å²) < 4.78 is 20.9. The number of ether oxygens (including phenoxy) is 4. The summed E-state index contributed by atoms with van der Waals surface area (Å²) >= 11 is 0. The molecule has 7 nitrogen and oxygen atoms in total. The monoisotopic (exact) mass is 433 g/mol. The van der Waals surface area contributed by atoms with Crippen molar-refractivity contribution in [3.63, 3.8) is 0 Å². The van der Waals surface area contributed by atoms with E-state index in [1.54, 1.807) is 12.1 Å². The van der Waals surface area contributed by atoms with E-state index >= 15 is 0 Å². The first-order valence-electron chi connectivity index (χ1n) is 9.89. The van der Waals surface area contributed by atoms with Crippen molar-refractivity contribution in [2.24, 2.45) is 0 Å². The molecule has 0 fully saturated rings. The zero-order valence-electron chi connectivity index (χ0n) is 17.6. The fourth-order valence-corrected chi connectivity index (χ4v) is 2.78. The van der Waals surface area contributed by atoms with Gasteiger partial charge in [0.1, 0.15) is 24.7 Å². The summed E-state index contributed by atoms with van der Waals surface area (Å²) in [5, 5.41) is 0. The number of carbonyl (C=O) groups is 2. The van der Waals surface area contributed by atoms with Gasteiger partial charge in [-0.3, -0.25) is 9.78 Å². The first kappa shape index (κ1) is 22.6. The first-order chi connectivity index (χ1) is 15.7. The second-order valence-electron chi connectivity index (χ2n) is 6.63. The molecule has 2 aromatic carbocycles. The van der Waals surface area contributed by atoms with Gasteiger partial charge in [0.05, 0.1) is 18.9 Å². The fraction of sp³-hybridized carbons (Fsp3) is 0.160. The molecule has 0 saturated carbocycles. The van der Waals surface area contributed by atoms with Crippen LogP contribution in [-0.4, -0.2) is 30.6 Å². The molecule has 7 heteroatoms. The van der Waals surface area contributed by atoms with Crippen LogP contribution in [0.4, 0.5) is 4.79 Å². The van der Waals surface area contributed by atoms with Crippen LogP contribution in [0.15, 0.2) is 85.3 Å². The van der Waals surface area contributed by atoms with E-state index in [0.717, 1.165) is 11.1 Å². The topological polar surface area (TPSA) is 84.0 Å². The summed E-state index contributed by atoms with van der Waals surface area (Å²) in [6.45, 7) is -0.180. The van der Waals surface area contributed by atoms with Gasteiger partial charge in [0.15, 0.2) is 6.61 Å². The molecule has 0 radical (unpaired) electrons.